The number of amides is 3. The maximum absolute atomic E-state index is 15.0. The molecule has 3 saturated heterocycles. The molecule has 0 aliphatic carbocycles. The molecule has 7 atom stereocenters. The zero-order valence-electron chi connectivity index (χ0n) is 28.8. The van der Waals surface area contributed by atoms with E-state index in [4.69, 9.17) is 9.47 Å². The van der Waals surface area contributed by atoms with E-state index in [-0.39, 0.29) is 36.8 Å². The first-order valence-corrected chi connectivity index (χ1v) is 17.3. The summed E-state index contributed by atoms with van der Waals surface area (Å²) in [6, 6.07) is 15.3. The molecule has 1 N–H and O–H groups in total. The lowest BCUT2D eigenvalue weighted by Gasteiger charge is -2.39. The predicted octanol–water partition coefficient (Wildman–Crippen LogP) is 5.03. The molecule has 0 radical (unpaired) electrons. The van der Waals surface area contributed by atoms with E-state index in [9.17, 15) is 14.7 Å². The summed E-state index contributed by atoms with van der Waals surface area (Å²) in [5.41, 5.74) is -0.643. The highest BCUT2D eigenvalue weighted by atomic mass is 16.5. The molecule has 2 bridgehead atoms. The van der Waals surface area contributed by atoms with Gasteiger partial charge >= 0.3 is 0 Å². The number of anilines is 1. The molecule has 9 nitrogen and oxygen atoms in total. The van der Waals surface area contributed by atoms with Crippen molar-refractivity contribution in [2.24, 2.45) is 17.8 Å². The van der Waals surface area contributed by atoms with Crippen LogP contribution in [-0.4, -0.2) is 88.8 Å². The number of rotatable bonds is 16. The quantitative estimate of drug-likeness (QED) is 0.254. The van der Waals surface area contributed by atoms with E-state index in [1.165, 1.54) is 0 Å². The summed E-state index contributed by atoms with van der Waals surface area (Å²) in [5.74, 6) is -2.00. The van der Waals surface area contributed by atoms with Gasteiger partial charge in [-0.2, -0.15) is 0 Å². The first kappa shape index (κ1) is 35.4. The Bertz CT molecular complexity index is 1480. The lowest BCUT2D eigenvalue weighted by atomic mass is 9.62. The van der Waals surface area contributed by atoms with Gasteiger partial charge in [-0.05, 0) is 68.9 Å². The molecule has 0 saturated carbocycles. The molecule has 258 valence electrons. The molecule has 0 aromatic heterocycles. The maximum atomic E-state index is 15.0. The molecule has 48 heavy (non-hydrogen) atoms. The molecule has 1 spiro atoms. The minimum atomic E-state index is -1.24. The molecule has 2 aromatic rings. The third-order valence-electron chi connectivity index (χ3n) is 10.7. The summed E-state index contributed by atoms with van der Waals surface area (Å²) in [7, 11) is 0. The second kappa shape index (κ2) is 14.7. The standard InChI is InChI=1S/C39H51N3O6/c1-7-11-23-40(21-8-2)37(46)34-39-25-27(5)38(6,48-39)32(35(44)41(22-9-3)29-17-19-31(20-18-29)47-10-4)33(39)36(45)42(34)30(26-43)24-28-15-13-12-14-16-28/h8-9,12-20,27,30,32-34,43H,2-3,7,10-11,21-26H2,1,4-6H3/t27?,30-,32-,33+,34?,38+,39?/m1/s1. The van der Waals surface area contributed by atoms with Crippen LogP contribution in [0.1, 0.15) is 52.5 Å². The number of carbonyl (C=O) groups excluding carboxylic acids is 3. The number of aliphatic hydroxyl groups excluding tert-OH is 1. The Hall–Kier alpha value is -3.95. The van der Waals surface area contributed by atoms with Crippen LogP contribution in [0, 0.1) is 17.8 Å². The van der Waals surface area contributed by atoms with Crippen molar-refractivity contribution in [1.82, 2.24) is 9.80 Å². The summed E-state index contributed by atoms with van der Waals surface area (Å²) in [6.07, 6.45) is 5.85. The number of carbonyl (C=O) groups is 3. The highest BCUT2D eigenvalue weighted by molar-refractivity contribution is 6.03. The van der Waals surface area contributed by atoms with Gasteiger partial charge in [0.1, 0.15) is 17.4 Å². The van der Waals surface area contributed by atoms with E-state index in [2.05, 4.69) is 20.1 Å². The van der Waals surface area contributed by atoms with Crippen LogP contribution in [0.5, 0.6) is 5.75 Å². The normalized spacial score (nSPS) is 27.8. The zero-order valence-corrected chi connectivity index (χ0v) is 28.8. The number of nitrogens with zero attached hydrogens (tertiary/aromatic N) is 3. The highest BCUT2D eigenvalue weighted by Crippen LogP contribution is 2.66. The average Bonchev–Trinajstić information content (AvgIpc) is 3.61. The van der Waals surface area contributed by atoms with E-state index in [0.29, 0.717) is 44.0 Å². The van der Waals surface area contributed by atoms with Crippen LogP contribution in [0.2, 0.25) is 0 Å². The Morgan fingerprint density at radius 3 is 2.38 bits per heavy atom. The number of likely N-dealkylation sites (tertiary alicyclic amines) is 1. The van der Waals surface area contributed by atoms with Crippen LogP contribution in [0.15, 0.2) is 79.9 Å². The van der Waals surface area contributed by atoms with Crippen LogP contribution in [0.4, 0.5) is 5.69 Å². The van der Waals surface area contributed by atoms with E-state index in [1.807, 2.05) is 75.4 Å². The van der Waals surface area contributed by atoms with Gasteiger partial charge in [-0.3, -0.25) is 14.4 Å². The second-order valence-corrected chi connectivity index (χ2v) is 13.6. The summed E-state index contributed by atoms with van der Waals surface area (Å²) in [6.45, 7) is 17.0. The number of hydrogen-bond donors (Lipinski definition) is 1. The molecule has 3 amide bonds. The van der Waals surface area contributed by atoms with E-state index in [1.54, 1.807) is 26.9 Å². The van der Waals surface area contributed by atoms with Crippen molar-refractivity contribution in [1.29, 1.82) is 0 Å². The molecule has 3 aliphatic heterocycles. The lowest BCUT2D eigenvalue weighted by Crippen LogP contribution is -2.59. The van der Waals surface area contributed by atoms with Gasteiger partial charge in [-0.1, -0.05) is 62.8 Å². The number of unbranched alkanes of at least 4 members (excludes halogenated alkanes) is 1. The molecule has 9 heteroatoms. The Morgan fingerprint density at radius 2 is 1.77 bits per heavy atom. The van der Waals surface area contributed by atoms with Crippen molar-refractivity contribution < 1.29 is 29.0 Å². The Morgan fingerprint density at radius 1 is 1.08 bits per heavy atom. The largest absolute Gasteiger partial charge is 0.494 e. The molecule has 3 fully saturated rings. The van der Waals surface area contributed by atoms with Gasteiger partial charge < -0.3 is 29.3 Å². The fraction of sp³-hybridized carbons (Fsp3) is 0.513. The summed E-state index contributed by atoms with van der Waals surface area (Å²) in [4.78, 5) is 49.7. The van der Waals surface area contributed by atoms with Crippen molar-refractivity contribution >= 4 is 23.4 Å². The SMILES string of the molecule is C=CCN(CCCC)C(=O)C1N([C@@H](CO)Cc2ccccc2)C(=O)[C@@H]2[C@H](C(=O)N(CC=C)c3ccc(OCC)cc3)[C@@]3(C)OC12CC3C. The molecule has 2 aromatic carbocycles. The van der Waals surface area contributed by atoms with Crippen LogP contribution < -0.4 is 9.64 Å². The molecular formula is C39H51N3O6. The Labute approximate surface area is 285 Å². The third-order valence-corrected chi connectivity index (χ3v) is 10.7. The van der Waals surface area contributed by atoms with Crippen molar-refractivity contribution in [3.8, 4) is 5.75 Å². The summed E-state index contributed by atoms with van der Waals surface area (Å²) in [5, 5.41) is 10.9. The van der Waals surface area contributed by atoms with Gasteiger partial charge in [0, 0.05) is 25.3 Å². The maximum Gasteiger partial charge on any atom is 0.248 e. The zero-order chi connectivity index (χ0) is 34.6. The smallest absolute Gasteiger partial charge is 0.248 e. The van der Waals surface area contributed by atoms with Crippen molar-refractivity contribution in [2.75, 3.05) is 37.7 Å². The topological polar surface area (TPSA) is 99.6 Å². The fourth-order valence-corrected chi connectivity index (χ4v) is 8.34. The third kappa shape index (κ3) is 6.07. The van der Waals surface area contributed by atoms with Gasteiger partial charge in [-0.25, -0.2) is 0 Å². The van der Waals surface area contributed by atoms with E-state index < -0.39 is 35.1 Å². The second-order valence-electron chi connectivity index (χ2n) is 13.6. The van der Waals surface area contributed by atoms with Crippen molar-refractivity contribution in [3.05, 3.63) is 85.5 Å². The Kier molecular flexibility index (Phi) is 10.8. The van der Waals surface area contributed by atoms with Gasteiger partial charge in [0.2, 0.25) is 17.7 Å². The average molecular weight is 658 g/mol. The predicted molar refractivity (Wildman–Crippen MR) is 186 cm³/mol. The Balaban J connectivity index is 1.62. The first-order chi connectivity index (χ1) is 23.1. The summed E-state index contributed by atoms with van der Waals surface area (Å²) < 4.78 is 12.7. The van der Waals surface area contributed by atoms with Crippen molar-refractivity contribution in [3.63, 3.8) is 0 Å². The molecular weight excluding hydrogens is 606 g/mol. The van der Waals surface area contributed by atoms with Crippen LogP contribution >= 0.6 is 0 Å². The van der Waals surface area contributed by atoms with E-state index >= 15 is 4.79 Å². The number of hydrogen-bond acceptors (Lipinski definition) is 6. The fourth-order valence-electron chi connectivity index (χ4n) is 8.34. The van der Waals surface area contributed by atoms with Crippen LogP contribution in [-0.2, 0) is 25.5 Å². The highest BCUT2D eigenvalue weighted by Gasteiger charge is 2.80. The minimum Gasteiger partial charge on any atom is -0.494 e. The van der Waals surface area contributed by atoms with Crippen LogP contribution in [0.3, 0.4) is 0 Å². The molecule has 3 heterocycles. The number of aliphatic hydroxyl groups is 1. The van der Waals surface area contributed by atoms with Gasteiger partial charge in [0.05, 0.1) is 36.7 Å². The number of ether oxygens (including phenoxy) is 2. The van der Waals surface area contributed by atoms with Gasteiger partial charge in [-0.15, -0.1) is 13.2 Å². The van der Waals surface area contributed by atoms with Crippen LogP contribution in [0.25, 0.3) is 0 Å². The first-order valence-electron chi connectivity index (χ1n) is 17.3. The molecule has 3 unspecified atom stereocenters. The lowest BCUT2D eigenvalue weighted by molar-refractivity contribution is -0.155. The van der Waals surface area contributed by atoms with Gasteiger partial charge in [0.25, 0.3) is 0 Å². The molecule has 3 aliphatic rings. The number of fused-ring (bicyclic) bond motifs is 1. The monoisotopic (exact) mass is 657 g/mol. The van der Waals surface area contributed by atoms with Crippen molar-refractivity contribution in [2.45, 2.75) is 76.7 Å². The van der Waals surface area contributed by atoms with E-state index in [0.717, 1.165) is 18.4 Å². The number of benzene rings is 2. The molecule has 5 rings (SSSR count). The van der Waals surface area contributed by atoms with Gasteiger partial charge in [0.15, 0.2) is 0 Å². The summed E-state index contributed by atoms with van der Waals surface area (Å²) >= 11 is 0. The minimum absolute atomic E-state index is 0.123.